The number of benzene rings is 2. The number of carboxylic acid groups (broad SMARTS) is 1. The molecule has 4 nitrogen and oxygen atoms in total. The summed E-state index contributed by atoms with van der Waals surface area (Å²) in [6.07, 6.45) is 0. The van der Waals surface area contributed by atoms with Crippen LogP contribution in [0.4, 0.5) is 11.4 Å². The molecule has 0 aliphatic heterocycles. The number of rotatable bonds is 3. The number of hydrogen-bond acceptors (Lipinski definition) is 3. The molecule has 86 valence electrons. The van der Waals surface area contributed by atoms with E-state index < -0.39 is 5.97 Å². The van der Waals surface area contributed by atoms with E-state index in [0.29, 0.717) is 11.4 Å². The van der Waals surface area contributed by atoms with Gasteiger partial charge in [-0.1, -0.05) is 30.3 Å². The SMILES string of the molecule is O=C(O)c1ccccc1N=Nc1ccccc1.[NaH]. The summed E-state index contributed by atoms with van der Waals surface area (Å²) in [7, 11) is 0. The molecule has 2 aromatic rings. The first-order valence-electron chi connectivity index (χ1n) is 5.06. The van der Waals surface area contributed by atoms with E-state index >= 15 is 0 Å². The number of nitrogens with zero attached hydrogens (tertiary/aromatic N) is 2. The van der Waals surface area contributed by atoms with Gasteiger partial charge in [-0.05, 0) is 24.3 Å². The molecule has 0 bridgehead atoms. The normalized spacial score (nSPS) is 10.0. The monoisotopic (exact) mass is 250 g/mol. The van der Waals surface area contributed by atoms with Crippen LogP contribution in [0.5, 0.6) is 0 Å². The zero-order valence-corrected chi connectivity index (χ0v) is 8.95. The van der Waals surface area contributed by atoms with E-state index in [1.165, 1.54) is 6.07 Å². The molecule has 0 aromatic heterocycles. The van der Waals surface area contributed by atoms with Crippen molar-refractivity contribution in [1.82, 2.24) is 0 Å². The van der Waals surface area contributed by atoms with Gasteiger partial charge >= 0.3 is 35.5 Å². The quantitative estimate of drug-likeness (QED) is 0.671. The van der Waals surface area contributed by atoms with Crippen LogP contribution in [0.3, 0.4) is 0 Å². The van der Waals surface area contributed by atoms with Crippen LogP contribution < -0.4 is 0 Å². The number of hydrogen-bond donors (Lipinski definition) is 1. The van der Waals surface area contributed by atoms with Gasteiger partial charge in [0.1, 0.15) is 5.69 Å². The van der Waals surface area contributed by atoms with Crippen molar-refractivity contribution in [3.63, 3.8) is 0 Å². The van der Waals surface area contributed by atoms with Gasteiger partial charge in [-0.3, -0.25) is 0 Å². The Morgan fingerprint density at radius 2 is 1.50 bits per heavy atom. The molecule has 2 rings (SSSR count). The molecule has 0 radical (unpaired) electrons. The van der Waals surface area contributed by atoms with Crippen molar-refractivity contribution in [3.05, 3.63) is 60.2 Å². The average Bonchev–Trinajstić information content (AvgIpc) is 2.38. The van der Waals surface area contributed by atoms with Crippen molar-refractivity contribution < 1.29 is 9.90 Å². The molecule has 0 aliphatic carbocycles. The number of azo groups is 1. The number of carboxylic acids is 1. The second-order valence-electron chi connectivity index (χ2n) is 3.36. The Kier molecular flexibility index (Phi) is 5.71. The van der Waals surface area contributed by atoms with Gasteiger partial charge in [-0.15, -0.1) is 5.11 Å². The predicted molar refractivity (Wildman–Crippen MR) is 71.2 cm³/mol. The summed E-state index contributed by atoms with van der Waals surface area (Å²) in [6, 6.07) is 15.7. The molecule has 18 heavy (non-hydrogen) atoms. The molecule has 1 N–H and O–H groups in total. The summed E-state index contributed by atoms with van der Waals surface area (Å²) in [6.45, 7) is 0. The van der Waals surface area contributed by atoms with Crippen molar-refractivity contribution >= 4 is 46.9 Å². The topological polar surface area (TPSA) is 62.0 Å². The van der Waals surface area contributed by atoms with Gasteiger partial charge in [0.2, 0.25) is 0 Å². The van der Waals surface area contributed by atoms with Crippen LogP contribution in [0.15, 0.2) is 64.8 Å². The molecule has 2 aromatic carbocycles. The third-order valence-electron chi connectivity index (χ3n) is 2.16. The van der Waals surface area contributed by atoms with Crippen molar-refractivity contribution in [2.24, 2.45) is 10.2 Å². The summed E-state index contributed by atoms with van der Waals surface area (Å²) in [4.78, 5) is 10.9. The van der Waals surface area contributed by atoms with Crippen LogP contribution >= 0.6 is 0 Å². The zero-order chi connectivity index (χ0) is 12.1. The fraction of sp³-hybridized carbons (Fsp3) is 0. The molecule has 0 heterocycles. The fourth-order valence-electron chi connectivity index (χ4n) is 1.35. The fourth-order valence-corrected chi connectivity index (χ4v) is 1.35. The maximum absolute atomic E-state index is 10.9. The van der Waals surface area contributed by atoms with Crippen LogP contribution in [0.25, 0.3) is 0 Å². The van der Waals surface area contributed by atoms with E-state index in [1.54, 1.807) is 30.3 Å². The van der Waals surface area contributed by atoms with Crippen LogP contribution in [0.2, 0.25) is 0 Å². The van der Waals surface area contributed by atoms with Gasteiger partial charge in [0.25, 0.3) is 0 Å². The van der Waals surface area contributed by atoms with Crippen molar-refractivity contribution in [3.8, 4) is 0 Å². The third kappa shape index (κ3) is 3.77. The Morgan fingerprint density at radius 3 is 2.17 bits per heavy atom. The minimum absolute atomic E-state index is 0. The van der Waals surface area contributed by atoms with Crippen LogP contribution in [0, 0.1) is 0 Å². The molecule has 0 fully saturated rings. The predicted octanol–water partition coefficient (Wildman–Crippen LogP) is 3.15. The van der Waals surface area contributed by atoms with Gasteiger partial charge in [-0.2, -0.15) is 5.11 Å². The van der Waals surface area contributed by atoms with Gasteiger partial charge in [0, 0.05) is 0 Å². The summed E-state index contributed by atoms with van der Waals surface area (Å²) in [5, 5.41) is 16.9. The molecular formula is C13H11N2NaO2. The van der Waals surface area contributed by atoms with Crippen LogP contribution in [-0.4, -0.2) is 40.6 Å². The summed E-state index contributed by atoms with van der Waals surface area (Å²) >= 11 is 0. The molecule has 0 saturated heterocycles. The average molecular weight is 250 g/mol. The third-order valence-corrected chi connectivity index (χ3v) is 2.16. The molecule has 0 aliphatic rings. The van der Waals surface area contributed by atoms with E-state index in [0.717, 1.165) is 0 Å². The van der Waals surface area contributed by atoms with E-state index in [9.17, 15) is 4.79 Å². The molecule has 0 atom stereocenters. The summed E-state index contributed by atoms with van der Waals surface area (Å²) in [5.74, 6) is -1.01. The summed E-state index contributed by atoms with van der Waals surface area (Å²) < 4.78 is 0. The first-order valence-corrected chi connectivity index (χ1v) is 5.06. The van der Waals surface area contributed by atoms with Crippen LogP contribution in [-0.2, 0) is 0 Å². The van der Waals surface area contributed by atoms with E-state index in [2.05, 4.69) is 10.2 Å². The van der Waals surface area contributed by atoms with Gasteiger partial charge < -0.3 is 5.11 Å². The second-order valence-corrected chi connectivity index (χ2v) is 3.36. The van der Waals surface area contributed by atoms with Crippen molar-refractivity contribution in [2.45, 2.75) is 0 Å². The van der Waals surface area contributed by atoms with Gasteiger partial charge in [0.05, 0.1) is 11.3 Å². The maximum atomic E-state index is 10.9. The number of aromatic carboxylic acids is 1. The first-order chi connectivity index (χ1) is 8.27. The Labute approximate surface area is 127 Å². The molecular weight excluding hydrogens is 239 g/mol. The van der Waals surface area contributed by atoms with E-state index in [4.69, 9.17) is 5.11 Å². The molecule has 0 spiro atoms. The zero-order valence-electron chi connectivity index (χ0n) is 8.95. The standard InChI is InChI=1S/C13H10N2O2.Na.H/c16-13(17)11-8-4-5-9-12(11)15-14-10-6-2-1-3-7-10;;/h1-9H,(H,16,17);;. The Morgan fingerprint density at radius 1 is 0.889 bits per heavy atom. The molecule has 0 amide bonds. The van der Waals surface area contributed by atoms with Crippen molar-refractivity contribution in [2.75, 3.05) is 0 Å². The molecule has 0 unspecified atom stereocenters. The summed E-state index contributed by atoms with van der Waals surface area (Å²) in [5.41, 5.74) is 1.18. The van der Waals surface area contributed by atoms with E-state index in [1.807, 2.05) is 18.2 Å². The second kappa shape index (κ2) is 7.06. The minimum atomic E-state index is -1.01. The van der Waals surface area contributed by atoms with Crippen molar-refractivity contribution in [1.29, 1.82) is 0 Å². The Hall–Kier alpha value is -1.49. The Bertz CT molecular complexity index is 556. The Balaban J connectivity index is 0.00000162. The van der Waals surface area contributed by atoms with E-state index in [-0.39, 0.29) is 35.1 Å². The van der Waals surface area contributed by atoms with Crippen LogP contribution in [0.1, 0.15) is 10.4 Å². The first kappa shape index (κ1) is 14.6. The molecule has 5 heteroatoms. The number of carbonyl (C=O) groups is 1. The van der Waals surface area contributed by atoms with Gasteiger partial charge in [0.15, 0.2) is 0 Å². The molecule has 0 saturated carbocycles. The van der Waals surface area contributed by atoms with Gasteiger partial charge in [-0.25, -0.2) is 4.79 Å².